The molecule has 0 aromatic rings. The predicted molar refractivity (Wildman–Crippen MR) is 52.8 cm³/mol. The van der Waals surface area contributed by atoms with Crippen molar-refractivity contribution in [3.8, 4) is 0 Å². The van der Waals surface area contributed by atoms with Gasteiger partial charge in [0.05, 0.1) is 0 Å². The van der Waals surface area contributed by atoms with Gasteiger partial charge in [0.2, 0.25) is 0 Å². The van der Waals surface area contributed by atoms with E-state index in [0.717, 1.165) is 18.8 Å². The van der Waals surface area contributed by atoms with Crippen LogP contribution in [0.15, 0.2) is 37.6 Å². The van der Waals surface area contributed by atoms with Crippen LogP contribution in [0.1, 0.15) is 6.42 Å². The highest BCUT2D eigenvalue weighted by Gasteiger charge is 2.01. The number of aliphatic hydroxyl groups is 1. The molecule has 0 aliphatic carbocycles. The van der Waals surface area contributed by atoms with Crippen molar-refractivity contribution in [2.24, 2.45) is 0 Å². The summed E-state index contributed by atoms with van der Waals surface area (Å²) in [7, 11) is 0. The number of rotatable bonds is 7. The Morgan fingerprint density at radius 1 is 1.25 bits per heavy atom. The maximum absolute atomic E-state index is 8.68. The minimum atomic E-state index is 0.142. The Hall–Kier alpha value is -1.02. The second-order valence-corrected chi connectivity index (χ2v) is 2.52. The van der Waals surface area contributed by atoms with Gasteiger partial charge in [0.1, 0.15) is 0 Å². The third-order valence-corrected chi connectivity index (χ3v) is 1.55. The van der Waals surface area contributed by atoms with Crippen LogP contribution in [0.3, 0.4) is 0 Å². The summed E-state index contributed by atoms with van der Waals surface area (Å²) < 4.78 is 0. The van der Waals surface area contributed by atoms with Crippen molar-refractivity contribution in [1.82, 2.24) is 4.90 Å². The molecule has 0 aliphatic heterocycles. The molecule has 0 saturated carbocycles. The molecule has 68 valence electrons. The molecule has 0 heterocycles. The number of nitrogens with zero attached hydrogens (tertiary/aromatic N) is 1. The molecule has 0 fully saturated rings. The molecule has 0 aromatic heterocycles. The fraction of sp³-hybridized carbons (Fsp3) is 0.400. The van der Waals surface area contributed by atoms with Crippen LogP contribution < -0.4 is 0 Å². The lowest BCUT2D eigenvalue weighted by molar-refractivity contribution is 0.279. The van der Waals surface area contributed by atoms with E-state index in [0.29, 0.717) is 6.42 Å². The number of aliphatic hydroxyl groups excluding tert-OH is 1. The van der Waals surface area contributed by atoms with Gasteiger partial charge in [0.25, 0.3) is 0 Å². The monoisotopic (exact) mass is 167 g/mol. The minimum Gasteiger partial charge on any atom is -0.396 e. The highest BCUT2D eigenvalue weighted by Crippen LogP contribution is 2.05. The van der Waals surface area contributed by atoms with Gasteiger partial charge in [0, 0.05) is 31.8 Å². The standard InChI is InChI=1S/C10H17NO/c1-4-7-11(8-5-2)10(3)6-9-12/h4-5,12H,1-3,6-9H2. The van der Waals surface area contributed by atoms with Gasteiger partial charge in [-0.2, -0.15) is 0 Å². The zero-order valence-electron chi connectivity index (χ0n) is 7.50. The normalized spacial score (nSPS) is 9.08. The van der Waals surface area contributed by atoms with E-state index in [2.05, 4.69) is 19.7 Å². The highest BCUT2D eigenvalue weighted by molar-refractivity contribution is 4.98. The van der Waals surface area contributed by atoms with E-state index < -0.39 is 0 Å². The van der Waals surface area contributed by atoms with Crippen molar-refractivity contribution in [3.63, 3.8) is 0 Å². The van der Waals surface area contributed by atoms with Crippen LogP contribution in [-0.2, 0) is 0 Å². The van der Waals surface area contributed by atoms with E-state index in [9.17, 15) is 0 Å². The molecule has 0 saturated heterocycles. The van der Waals surface area contributed by atoms with E-state index in [-0.39, 0.29) is 6.61 Å². The van der Waals surface area contributed by atoms with Crippen LogP contribution in [0.25, 0.3) is 0 Å². The van der Waals surface area contributed by atoms with Crippen molar-refractivity contribution < 1.29 is 5.11 Å². The van der Waals surface area contributed by atoms with Gasteiger partial charge >= 0.3 is 0 Å². The Labute approximate surface area is 74.5 Å². The first-order valence-corrected chi connectivity index (χ1v) is 4.01. The summed E-state index contributed by atoms with van der Waals surface area (Å²) in [4.78, 5) is 2.02. The average molecular weight is 167 g/mol. The van der Waals surface area contributed by atoms with E-state index in [1.165, 1.54) is 0 Å². The van der Waals surface area contributed by atoms with Crippen LogP contribution in [0.5, 0.6) is 0 Å². The molecular weight excluding hydrogens is 150 g/mol. The van der Waals surface area contributed by atoms with Gasteiger partial charge in [-0.1, -0.05) is 18.7 Å². The van der Waals surface area contributed by atoms with Crippen molar-refractivity contribution in [1.29, 1.82) is 0 Å². The van der Waals surface area contributed by atoms with Gasteiger partial charge in [-0.3, -0.25) is 0 Å². The molecule has 2 nitrogen and oxygen atoms in total. The lowest BCUT2D eigenvalue weighted by atomic mass is 10.3. The number of hydrogen-bond acceptors (Lipinski definition) is 2. The molecule has 1 N–H and O–H groups in total. The van der Waals surface area contributed by atoms with Gasteiger partial charge < -0.3 is 10.0 Å². The van der Waals surface area contributed by atoms with Crippen molar-refractivity contribution in [2.45, 2.75) is 6.42 Å². The van der Waals surface area contributed by atoms with Gasteiger partial charge in [0.15, 0.2) is 0 Å². The Morgan fingerprint density at radius 3 is 2.08 bits per heavy atom. The summed E-state index contributed by atoms with van der Waals surface area (Å²) in [6.07, 6.45) is 4.24. The zero-order valence-corrected chi connectivity index (χ0v) is 7.50. The summed E-state index contributed by atoms with van der Waals surface area (Å²) in [5.41, 5.74) is 0.928. The quantitative estimate of drug-likeness (QED) is 0.582. The van der Waals surface area contributed by atoms with E-state index in [1.807, 2.05) is 17.1 Å². The summed E-state index contributed by atoms with van der Waals surface area (Å²) >= 11 is 0. The van der Waals surface area contributed by atoms with E-state index in [1.54, 1.807) is 0 Å². The van der Waals surface area contributed by atoms with Crippen LogP contribution in [0.2, 0.25) is 0 Å². The van der Waals surface area contributed by atoms with E-state index >= 15 is 0 Å². The smallest absolute Gasteiger partial charge is 0.0485 e. The van der Waals surface area contributed by atoms with Crippen LogP contribution in [-0.4, -0.2) is 29.7 Å². The molecule has 0 rings (SSSR count). The maximum atomic E-state index is 8.68. The first kappa shape index (κ1) is 11.0. The van der Waals surface area contributed by atoms with E-state index in [4.69, 9.17) is 5.11 Å². The van der Waals surface area contributed by atoms with Gasteiger partial charge in [-0.15, -0.1) is 13.2 Å². The predicted octanol–water partition coefficient (Wildman–Crippen LogP) is 1.56. The summed E-state index contributed by atoms with van der Waals surface area (Å²) in [6.45, 7) is 12.8. The molecule has 12 heavy (non-hydrogen) atoms. The lowest BCUT2D eigenvalue weighted by Crippen LogP contribution is -2.23. The molecule has 2 heteroatoms. The largest absolute Gasteiger partial charge is 0.396 e. The van der Waals surface area contributed by atoms with Crippen LogP contribution >= 0.6 is 0 Å². The molecule has 0 unspecified atom stereocenters. The Morgan fingerprint density at radius 2 is 1.75 bits per heavy atom. The maximum Gasteiger partial charge on any atom is 0.0485 e. The minimum absolute atomic E-state index is 0.142. The fourth-order valence-corrected chi connectivity index (χ4v) is 0.932. The van der Waals surface area contributed by atoms with Crippen LogP contribution in [0.4, 0.5) is 0 Å². The topological polar surface area (TPSA) is 23.5 Å². The molecular formula is C10H17NO. The first-order chi connectivity index (χ1) is 5.76. The molecule has 0 amide bonds. The third-order valence-electron chi connectivity index (χ3n) is 1.55. The molecule has 0 spiro atoms. The van der Waals surface area contributed by atoms with Crippen LogP contribution in [0, 0.1) is 0 Å². The Kier molecular flexibility index (Phi) is 6.11. The van der Waals surface area contributed by atoms with Gasteiger partial charge in [-0.05, 0) is 0 Å². The van der Waals surface area contributed by atoms with Crippen molar-refractivity contribution >= 4 is 0 Å². The molecule has 0 aliphatic rings. The lowest BCUT2D eigenvalue weighted by Gasteiger charge is -2.23. The first-order valence-electron chi connectivity index (χ1n) is 4.01. The number of hydrogen-bond donors (Lipinski definition) is 1. The molecule has 0 aromatic carbocycles. The second kappa shape index (κ2) is 6.68. The molecule has 0 bridgehead atoms. The Balaban J connectivity index is 3.97. The summed E-state index contributed by atoms with van der Waals surface area (Å²) in [6, 6.07) is 0. The zero-order chi connectivity index (χ0) is 9.40. The fourth-order valence-electron chi connectivity index (χ4n) is 0.932. The molecule has 0 radical (unpaired) electrons. The SMILES string of the molecule is C=CCN(CC=C)C(=C)CCO. The third kappa shape index (κ3) is 3.98. The Bertz CT molecular complexity index is 153. The average Bonchev–Trinajstić information content (AvgIpc) is 2.04. The second-order valence-electron chi connectivity index (χ2n) is 2.52. The highest BCUT2D eigenvalue weighted by atomic mass is 16.3. The van der Waals surface area contributed by atoms with Gasteiger partial charge in [-0.25, -0.2) is 0 Å². The summed E-state index contributed by atoms with van der Waals surface area (Å²) in [5.74, 6) is 0. The molecule has 0 atom stereocenters. The van der Waals surface area contributed by atoms with Crippen molar-refractivity contribution in [2.75, 3.05) is 19.7 Å². The summed E-state index contributed by atoms with van der Waals surface area (Å²) in [5, 5.41) is 8.68. The van der Waals surface area contributed by atoms with Crippen molar-refractivity contribution in [3.05, 3.63) is 37.6 Å².